The van der Waals surface area contributed by atoms with Gasteiger partial charge in [0.2, 0.25) is 0 Å². The minimum Gasteiger partial charge on any atom is -0.352 e. The van der Waals surface area contributed by atoms with Crippen LogP contribution < -0.4 is 10.6 Å². The monoisotopic (exact) mass is 468 g/mol. The minimum absolute atomic E-state index is 0.212. The molecule has 0 atom stereocenters. The van der Waals surface area contributed by atoms with Gasteiger partial charge in [-0.05, 0) is 59.5 Å². The van der Waals surface area contributed by atoms with Crippen LogP contribution in [0.3, 0.4) is 0 Å². The Balaban J connectivity index is 1.22. The summed E-state index contributed by atoms with van der Waals surface area (Å²) >= 11 is 1.37. The molecule has 2 amide bonds. The number of anilines is 1. The first-order valence-electron chi connectivity index (χ1n) is 10.9. The molecule has 4 aromatic rings. The first-order chi connectivity index (χ1) is 16.6. The van der Waals surface area contributed by atoms with Gasteiger partial charge in [-0.25, -0.2) is 4.39 Å². The van der Waals surface area contributed by atoms with E-state index in [1.165, 1.54) is 29.5 Å². The number of amides is 2. The summed E-state index contributed by atoms with van der Waals surface area (Å²) in [5, 5.41) is 5.74. The second kappa shape index (κ2) is 9.53. The number of halogens is 1. The lowest BCUT2D eigenvalue weighted by molar-refractivity contribution is 0.0952. The average molecular weight is 469 g/mol. The summed E-state index contributed by atoms with van der Waals surface area (Å²) in [7, 11) is 0. The Labute approximate surface area is 201 Å². The predicted molar refractivity (Wildman–Crippen MR) is 133 cm³/mol. The van der Waals surface area contributed by atoms with Crippen molar-refractivity contribution in [3.8, 4) is 11.1 Å². The molecule has 4 nitrogen and oxygen atoms in total. The molecule has 0 aliphatic carbocycles. The Morgan fingerprint density at radius 3 is 2.38 bits per heavy atom. The van der Waals surface area contributed by atoms with Crippen molar-refractivity contribution in [2.45, 2.75) is 16.2 Å². The van der Waals surface area contributed by atoms with Crippen molar-refractivity contribution < 1.29 is 14.0 Å². The highest BCUT2D eigenvalue weighted by Crippen LogP contribution is 2.39. The van der Waals surface area contributed by atoms with Crippen molar-refractivity contribution >= 4 is 29.3 Å². The fourth-order valence-electron chi connectivity index (χ4n) is 3.85. The molecule has 0 fully saturated rings. The van der Waals surface area contributed by atoms with E-state index in [1.807, 2.05) is 18.2 Å². The van der Waals surface area contributed by atoms with Crippen LogP contribution in [-0.2, 0) is 6.42 Å². The summed E-state index contributed by atoms with van der Waals surface area (Å²) in [4.78, 5) is 26.7. The van der Waals surface area contributed by atoms with Gasteiger partial charge in [-0.1, -0.05) is 66.4 Å². The SMILES string of the molecule is O=C(NCCc1ccc(-c2ccccc2)cc1)c1ccc2c(c1)NC(=O)c1cc(F)ccc1S2. The second-order valence-corrected chi connectivity index (χ2v) is 9.06. The number of rotatable bonds is 5. The molecule has 0 unspecified atom stereocenters. The standard InChI is InChI=1S/C28H21FN2O2S/c29-22-11-13-25-23(17-22)28(33)31-24-16-21(10-12-26(24)34-25)27(32)30-15-14-18-6-8-20(9-7-18)19-4-2-1-3-5-19/h1-13,16-17H,14-15H2,(H,30,32)(H,31,33). The quantitative estimate of drug-likeness (QED) is 0.368. The van der Waals surface area contributed by atoms with Crippen LogP contribution in [0.4, 0.5) is 10.1 Å². The van der Waals surface area contributed by atoms with E-state index in [0.717, 1.165) is 16.0 Å². The van der Waals surface area contributed by atoms with E-state index in [9.17, 15) is 14.0 Å². The van der Waals surface area contributed by atoms with Crippen LogP contribution in [0.2, 0.25) is 0 Å². The first kappa shape index (κ1) is 21.9. The molecule has 0 spiro atoms. The molecule has 0 radical (unpaired) electrons. The zero-order valence-corrected chi connectivity index (χ0v) is 19.0. The summed E-state index contributed by atoms with van der Waals surface area (Å²) in [5.41, 5.74) is 4.74. The van der Waals surface area contributed by atoms with E-state index in [2.05, 4.69) is 47.0 Å². The number of hydrogen-bond acceptors (Lipinski definition) is 3. The van der Waals surface area contributed by atoms with Crippen LogP contribution in [0, 0.1) is 5.82 Å². The third kappa shape index (κ3) is 4.72. The highest BCUT2D eigenvalue weighted by Gasteiger charge is 2.21. The van der Waals surface area contributed by atoms with E-state index in [4.69, 9.17) is 0 Å². The van der Waals surface area contributed by atoms with E-state index >= 15 is 0 Å². The molecule has 1 heterocycles. The maximum atomic E-state index is 13.6. The summed E-state index contributed by atoms with van der Waals surface area (Å²) in [5.74, 6) is -1.07. The first-order valence-corrected chi connectivity index (χ1v) is 11.7. The third-order valence-corrected chi connectivity index (χ3v) is 6.81. The van der Waals surface area contributed by atoms with Crippen LogP contribution in [0.1, 0.15) is 26.3 Å². The molecule has 1 aliphatic rings. The summed E-state index contributed by atoms with van der Waals surface area (Å²) in [6, 6.07) is 27.9. The largest absolute Gasteiger partial charge is 0.352 e. The van der Waals surface area contributed by atoms with Crippen molar-refractivity contribution in [3.63, 3.8) is 0 Å². The van der Waals surface area contributed by atoms with Crippen LogP contribution in [0.15, 0.2) is 101 Å². The van der Waals surface area contributed by atoms with Crippen LogP contribution in [-0.4, -0.2) is 18.4 Å². The Kier molecular flexibility index (Phi) is 6.14. The van der Waals surface area contributed by atoms with Gasteiger partial charge in [0.15, 0.2) is 0 Å². The maximum absolute atomic E-state index is 13.6. The predicted octanol–water partition coefficient (Wildman–Crippen LogP) is 6.18. The number of carbonyl (C=O) groups excluding carboxylic acids is 2. The normalized spacial score (nSPS) is 12.2. The number of carbonyl (C=O) groups is 2. The van der Waals surface area contributed by atoms with E-state index in [1.54, 1.807) is 24.3 Å². The highest BCUT2D eigenvalue weighted by molar-refractivity contribution is 7.99. The third-order valence-electron chi connectivity index (χ3n) is 5.66. The van der Waals surface area contributed by atoms with Crippen LogP contribution in [0.25, 0.3) is 11.1 Å². The molecule has 5 rings (SSSR count). The lowest BCUT2D eigenvalue weighted by Crippen LogP contribution is -2.25. The Bertz CT molecular complexity index is 1370. The molecule has 168 valence electrons. The van der Waals surface area contributed by atoms with Gasteiger partial charge < -0.3 is 10.6 Å². The highest BCUT2D eigenvalue weighted by atomic mass is 32.2. The van der Waals surface area contributed by atoms with E-state index in [-0.39, 0.29) is 11.5 Å². The number of fused-ring (bicyclic) bond motifs is 2. The smallest absolute Gasteiger partial charge is 0.256 e. The zero-order chi connectivity index (χ0) is 23.5. The van der Waals surface area contributed by atoms with Gasteiger partial charge in [-0.3, -0.25) is 9.59 Å². The van der Waals surface area contributed by atoms with Gasteiger partial charge in [0.05, 0.1) is 11.3 Å². The molecule has 0 bridgehead atoms. The van der Waals surface area contributed by atoms with Crippen molar-refractivity contribution in [1.29, 1.82) is 0 Å². The van der Waals surface area contributed by atoms with Crippen molar-refractivity contribution in [1.82, 2.24) is 5.32 Å². The van der Waals surface area contributed by atoms with E-state index < -0.39 is 11.7 Å². The van der Waals surface area contributed by atoms with Gasteiger partial charge in [-0.2, -0.15) is 0 Å². The van der Waals surface area contributed by atoms with Gasteiger partial charge in [0.1, 0.15) is 5.82 Å². The van der Waals surface area contributed by atoms with Gasteiger partial charge in [0.25, 0.3) is 11.8 Å². The Hall–Kier alpha value is -3.90. The Morgan fingerprint density at radius 1 is 0.853 bits per heavy atom. The Morgan fingerprint density at radius 2 is 1.59 bits per heavy atom. The lowest BCUT2D eigenvalue weighted by Gasteiger charge is -2.10. The van der Waals surface area contributed by atoms with Gasteiger partial charge in [-0.15, -0.1) is 0 Å². The van der Waals surface area contributed by atoms with Crippen molar-refractivity contribution in [2.24, 2.45) is 0 Å². The summed E-state index contributed by atoms with van der Waals surface area (Å²) < 4.78 is 13.6. The lowest BCUT2D eigenvalue weighted by atomic mass is 10.0. The molecule has 1 aliphatic heterocycles. The molecule has 0 aromatic heterocycles. The molecular formula is C28H21FN2O2S. The average Bonchev–Trinajstić information content (AvgIpc) is 3.00. The minimum atomic E-state index is -0.463. The molecule has 4 aromatic carbocycles. The topological polar surface area (TPSA) is 58.2 Å². The summed E-state index contributed by atoms with van der Waals surface area (Å²) in [6.07, 6.45) is 0.708. The number of nitrogens with one attached hydrogen (secondary N) is 2. The van der Waals surface area contributed by atoms with Crippen LogP contribution in [0.5, 0.6) is 0 Å². The molecule has 0 saturated heterocycles. The zero-order valence-electron chi connectivity index (χ0n) is 18.2. The summed E-state index contributed by atoms with van der Waals surface area (Å²) in [6.45, 7) is 0.492. The number of hydrogen-bond donors (Lipinski definition) is 2. The van der Waals surface area contributed by atoms with Crippen molar-refractivity contribution in [2.75, 3.05) is 11.9 Å². The van der Waals surface area contributed by atoms with E-state index in [0.29, 0.717) is 29.1 Å². The molecule has 2 N–H and O–H groups in total. The van der Waals surface area contributed by atoms with Gasteiger partial charge in [0, 0.05) is 21.9 Å². The molecule has 34 heavy (non-hydrogen) atoms. The fraction of sp³-hybridized carbons (Fsp3) is 0.0714. The number of benzene rings is 4. The van der Waals surface area contributed by atoms with Gasteiger partial charge >= 0.3 is 0 Å². The molecule has 0 saturated carbocycles. The maximum Gasteiger partial charge on any atom is 0.256 e. The fourth-order valence-corrected chi connectivity index (χ4v) is 4.84. The molecule has 6 heteroatoms. The second-order valence-electron chi connectivity index (χ2n) is 7.98. The van der Waals surface area contributed by atoms with Crippen molar-refractivity contribution in [3.05, 3.63) is 114 Å². The molecular weight excluding hydrogens is 447 g/mol. The van der Waals surface area contributed by atoms with Crippen LogP contribution >= 0.6 is 11.8 Å².